The van der Waals surface area contributed by atoms with Crippen LogP contribution in [0.1, 0.15) is 0 Å². The zero-order valence-electron chi connectivity index (χ0n) is 9.83. The lowest BCUT2D eigenvalue weighted by molar-refractivity contribution is 0.453. The van der Waals surface area contributed by atoms with E-state index in [1.54, 1.807) is 12.1 Å². The van der Waals surface area contributed by atoms with Crippen LogP contribution in [0.15, 0.2) is 54.6 Å². The molecule has 0 radical (unpaired) electrons. The zero-order valence-corrected chi connectivity index (χ0v) is 9.83. The van der Waals surface area contributed by atoms with E-state index in [-0.39, 0.29) is 5.39 Å². The van der Waals surface area contributed by atoms with E-state index in [0.717, 1.165) is 17.2 Å². The molecule has 0 spiro atoms. The van der Waals surface area contributed by atoms with Crippen LogP contribution in [-0.4, -0.2) is 0 Å². The van der Waals surface area contributed by atoms with Gasteiger partial charge in [-0.15, -0.1) is 0 Å². The van der Waals surface area contributed by atoms with Crippen LogP contribution in [0.2, 0.25) is 0 Å². The number of rotatable bonds is 1. The Balaban J connectivity index is 2.25. The number of hydrogen-bond donors (Lipinski definition) is 0. The van der Waals surface area contributed by atoms with Crippen molar-refractivity contribution in [3.63, 3.8) is 0 Å². The Morgan fingerprint density at radius 2 is 1.37 bits per heavy atom. The summed E-state index contributed by atoms with van der Waals surface area (Å²) in [4.78, 5) is 0. The van der Waals surface area contributed by atoms with Crippen LogP contribution in [0.3, 0.4) is 0 Å². The first-order chi connectivity index (χ1) is 9.16. The lowest BCUT2D eigenvalue weighted by atomic mass is 10.0. The smallest absolute Gasteiger partial charge is 0.195 e. The molecule has 0 heterocycles. The van der Waals surface area contributed by atoms with Crippen molar-refractivity contribution in [3.8, 4) is 11.1 Å². The van der Waals surface area contributed by atoms with Crippen molar-refractivity contribution in [2.75, 3.05) is 0 Å². The summed E-state index contributed by atoms with van der Waals surface area (Å²) in [7, 11) is 0. The Kier molecular flexibility index (Phi) is 2.75. The largest absolute Gasteiger partial charge is 0.204 e. The highest BCUT2D eigenvalue weighted by atomic mass is 19.2. The lowest BCUT2D eigenvalue weighted by Crippen LogP contribution is -1.92. The predicted molar refractivity (Wildman–Crippen MR) is 69.3 cm³/mol. The fourth-order valence-electron chi connectivity index (χ4n) is 2.12. The average molecular weight is 258 g/mol. The van der Waals surface area contributed by atoms with Crippen LogP contribution in [0, 0.1) is 17.5 Å². The summed E-state index contributed by atoms with van der Waals surface area (Å²) >= 11 is 0. The zero-order chi connectivity index (χ0) is 13.4. The van der Waals surface area contributed by atoms with E-state index in [1.807, 2.05) is 30.3 Å². The first-order valence-electron chi connectivity index (χ1n) is 5.79. The summed E-state index contributed by atoms with van der Waals surface area (Å²) in [6.45, 7) is 0. The van der Waals surface area contributed by atoms with Gasteiger partial charge in [-0.05, 0) is 28.6 Å². The van der Waals surface area contributed by atoms with Gasteiger partial charge in [-0.1, -0.05) is 42.5 Å². The molecule has 3 heteroatoms. The van der Waals surface area contributed by atoms with Crippen molar-refractivity contribution >= 4 is 10.8 Å². The molecule has 0 saturated carbocycles. The Labute approximate surface area is 108 Å². The molecule has 3 rings (SSSR count). The molecule has 0 aliphatic rings. The highest BCUT2D eigenvalue weighted by Crippen LogP contribution is 2.28. The maximum atomic E-state index is 13.6. The van der Waals surface area contributed by atoms with Gasteiger partial charge in [0.05, 0.1) is 0 Å². The molecule has 0 atom stereocenters. The predicted octanol–water partition coefficient (Wildman–Crippen LogP) is 4.92. The van der Waals surface area contributed by atoms with Gasteiger partial charge in [0.15, 0.2) is 17.5 Å². The summed E-state index contributed by atoms with van der Waals surface area (Å²) < 4.78 is 39.9. The van der Waals surface area contributed by atoms with Gasteiger partial charge in [-0.3, -0.25) is 0 Å². The van der Waals surface area contributed by atoms with E-state index in [1.165, 1.54) is 6.07 Å². The maximum Gasteiger partial charge on any atom is 0.195 e. The molecule has 19 heavy (non-hydrogen) atoms. The Bertz CT molecular complexity index is 749. The lowest BCUT2D eigenvalue weighted by Gasteiger charge is -2.06. The molecular weight excluding hydrogens is 249 g/mol. The summed E-state index contributed by atoms with van der Waals surface area (Å²) in [6, 6.07) is 15.3. The van der Waals surface area contributed by atoms with Crippen molar-refractivity contribution < 1.29 is 13.2 Å². The Morgan fingerprint density at radius 1 is 0.632 bits per heavy atom. The summed E-state index contributed by atoms with van der Waals surface area (Å²) in [5.74, 6) is -3.75. The van der Waals surface area contributed by atoms with Gasteiger partial charge in [0.1, 0.15) is 0 Å². The van der Waals surface area contributed by atoms with E-state index in [0.29, 0.717) is 5.39 Å². The van der Waals surface area contributed by atoms with Crippen LogP contribution >= 0.6 is 0 Å². The molecule has 0 saturated heterocycles. The molecule has 0 fully saturated rings. The van der Waals surface area contributed by atoms with Gasteiger partial charge < -0.3 is 0 Å². The fraction of sp³-hybridized carbons (Fsp3) is 0. The number of hydrogen-bond acceptors (Lipinski definition) is 0. The molecule has 0 aliphatic heterocycles. The molecule has 0 bridgehead atoms. The molecular formula is C16H9F3. The van der Waals surface area contributed by atoms with Crippen molar-refractivity contribution in [3.05, 3.63) is 72.0 Å². The third-order valence-corrected chi connectivity index (χ3v) is 3.08. The molecule has 3 aromatic carbocycles. The van der Waals surface area contributed by atoms with Gasteiger partial charge in [0.2, 0.25) is 0 Å². The van der Waals surface area contributed by atoms with E-state index in [4.69, 9.17) is 0 Å². The maximum absolute atomic E-state index is 13.6. The minimum atomic E-state index is -1.43. The van der Waals surface area contributed by atoms with Gasteiger partial charge in [0, 0.05) is 5.39 Å². The molecule has 0 N–H and O–H groups in total. The second-order valence-corrected chi connectivity index (χ2v) is 4.29. The quantitative estimate of drug-likeness (QED) is 0.543. The second kappa shape index (κ2) is 4.43. The first-order valence-corrected chi connectivity index (χ1v) is 5.79. The first kappa shape index (κ1) is 11.8. The molecule has 3 aromatic rings. The van der Waals surface area contributed by atoms with Crippen molar-refractivity contribution in [2.45, 2.75) is 0 Å². The SMILES string of the molecule is Fc1cc2cc(-c3ccccc3)ccc2c(F)c1F. The van der Waals surface area contributed by atoms with Gasteiger partial charge in [0.25, 0.3) is 0 Å². The number of benzene rings is 3. The Hall–Kier alpha value is -2.29. The van der Waals surface area contributed by atoms with E-state index in [2.05, 4.69) is 0 Å². The van der Waals surface area contributed by atoms with E-state index < -0.39 is 17.5 Å². The molecule has 0 amide bonds. The van der Waals surface area contributed by atoms with Crippen LogP contribution in [0.25, 0.3) is 21.9 Å². The number of fused-ring (bicyclic) bond motifs is 1. The normalized spacial score (nSPS) is 10.9. The van der Waals surface area contributed by atoms with Crippen LogP contribution < -0.4 is 0 Å². The molecule has 94 valence electrons. The third-order valence-electron chi connectivity index (χ3n) is 3.08. The monoisotopic (exact) mass is 258 g/mol. The van der Waals surface area contributed by atoms with E-state index in [9.17, 15) is 13.2 Å². The van der Waals surface area contributed by atoms with Gasteiger partial charge >= 0.3 is 0 Å². The van der Waals surface area contributed by atoms with Crippen LogP contribution in [-0.2, 0) is 0 Å². The third kappa shape index (κ3) is 1.97. The molecule has 0 unspecified atom stereocenters. The average Bonchev–Trinajstić information content (AvgIpc) is 2.45. The van der Waals surface area contributed by atoms with Gasteiger partial charge in [-0.2, -0.15) is 0 Å². The molecule has 0 nitrogen and oxygen atoms in total. The summed E-state index contributed by atoms with van der Waals surface area (Å²) in [5.41, 5.74) is 1.77. The van der Waals surface area contributed by atoms with Crippen LogP contribution in [0.4, 0.5) is 13.2 Å². The highest BCUT2D eigenvalue weighted by Gasteiger charge is 2.13. The van der Waals surface area contributed by atoms with Gasteiger partial charge in [-0.25, -0.2) is 13.2 Å². The minimum absolute atomic E-state index is 0.0820. The Morgan fingerprint density at radius 3 is 2.11 bits per heavy atom. The van der Waals surface area contributed by atoms with Crippen molar-refractivity contribution in [2.24, 2.45) is 0 Å². The molecule has 0 aromatic heterocycles. The van der Waals surface area contributed by atoms with Crippen molar-refractivity contribution in [1.82, 2.24) is 0 Å². The second-order valence-electron chi connectivity index (χ2n) is 4.29. The topological polar surface area (TPSA) is 0 Å². The number of halogens is 3. The minimum Gasteiger partial charge on any atom is -0.204 e. The fourth-order valence-corrected chi connectivity index (χ4v) is 2.12. The van der Waals surface area contributed by atoms with Crippen molar-refractivity contribution in [1.29, 1.82) is 0 Å². The standard InChI is InChI=1S/C16H9F3/c17-14-9-12-8-11(10-4-2-1-3-5-10)6-7-13(12)15(18)16(14)19/h1-9H. The summed E-state index contributed by atoms with van der Waals surface area (Å²) in [6.07, 6.45) is 0. The summed E-state index contributed by atoms with van der Waals surface area (Å²) in [5, 5.41) is 0.427. The molecule has 0 aliphatic carbocycles. The van der Waals surface area contributed by atoms with E-state index >= 15 is 0 Å². The van der Waals surface area contributed by atoms with Crippen LogP contribution in [0.5, 0.6) is 0 Å². The highest BCUT2D eigenvalue weighted by molar-refractivity contribution is 5.88.